The summed E-state index contributed by atoms with van der Waals surface area (Å²) in [5, 5.41) is 25.4. The molecule has 114 valence electrons. The van der Waals surface area contributed by atoms with E-state index in [0.29, 0.717) is 5.56 Å². The Morgan fingerprint density at radius 2 is 1.61 bits per heavy atom. The van der Waals surface area contributed by atoms with Gasteiger partial charge in [0.15, 0.2) is 0 Å². The van der Waals surface area contributed by atoms with Crippen LogP contribution < -0.4 is 0 Å². The maximum absolute atomic E-state index is 11.0. The van der Waals surface area contributed by atoms with Crippen LogP contribution in [0.15, 0.2) is 53.1 Å². The number of para-hydroxylation sites is 1. The fourth-order valence-electron chi connectivity index (χ4n) is 2.00. The smallest absolute Gasteiger partial charge is 0.282 e. The largest absolute Gasteiger partial charge is 0.333 e. The lowest BCUT2D eigenvalue weighted by atomic mass is 10.1. The summed E-state index contributed by atoms with van der Waals surface area (Å²) in [6, 6.07) is 11.6. The van der Waals surface area contributed by atoms with Crippen molar-refractivity contribution in [3.63, 3.8) is 0 Å². The fourth-order valence-corrected chi connectivity index (χ4v) is 2.00. The molecule has 0 aliphatic carbocycles. The summed E-state index contributed by atoms with van der Waals surface area (Å²) in [6.45, 7) is 0. The second-order valence-electron chi connectivity index (χ2n) is 4.50. The van der Waals surface area contributed by atoms with Gasteiger partial charge in [0.25, 0.3) is 17.3 Å². The minimum Gasteiger partial charge on any atom is -0.333 e. The summed E-state index contributed by atoms with van der Waals surface area (Å²) < 4.78 is 5.07. The average molecular weight is 312 g/mol. The standard InChI is InChI=1S/C14H8N4O5/c19-17(20)10-7-5-9(6-8-10)13-15-14(23-16-13)11-3-1-2-4-12(11)18(21)22/h1-8H. The lowest BCUT2D eigenvalue weighted by molar-refractivity contribution is -0.384. The molecule has 0 saturated heterocycles. The normalized spacial score (nSPS) is 10.4. The summed E-state index contributed by atoms with van der Waals surface area (Å²) >= 11 is 0. The number of benzene rings is 2. The maximum atomic E-state index is 11.0. The van der Waals surface area contributed by atoms with E-state index in [-0.39, 0.29) is 28.7 Å². The van der Waals surface area contributed by atoms with Crippen LogP contribution in [-0.2, 0) is 0 Å². The van der Waals surface area contributed by atoms with Crippen LogP contribution >= 0.6 is 0 Å². The van der Waals surface area contributed by atoms with E-state index in [1.54, 1.807) is 6.07 Å². The van der Waals surface area contributed by atoms with Crippen LogP contribution in [0.1, 0.15) is 0 Å². The Balaban J connectivity index is 1.98. The quantitative estimate of drug-likeness (QED) is 0.534. The summed E-state index contributed by atoms with van der Waals surface area (Å²) in [5.41, 5.74) is 0.505. The van der Waals surface area contributed by atoms with E-state index in [0.717, 1.165) is 0 Å². The van der Waals surface area contributed by atoms with Crippen molar-refractivity contribution >= 4 is 11.4 Å². The lowest BCUT2D eigenvalue weighted by Gasteiger charge is -1.96. The van der Waals surface area contributed by atoms with Crippen molar-refractivity contribution in [2.45, 2.75) is 0 Å². The van der Waals surface area contributed by atoms with Crippen LogP contribution in [0.4, 0.5) is 11.4 Å². The zero-order valence-corrected chi connectivity index (χ0v) is 11.4. The van der Waals surface area contributed by atoms with Crippen molar-refractivity contribution in [3.8, 4) is 22.8 Å². The molecule has 0 N–H and O–H groups in total. The molecular weight excluding hydrogens is 304 g/mol. The molecule has 0 aliphatic rings. The Bertz CT molecular complexity index is 888. The van der Waals surface area contributed by atoms with E-state index in [1.807, 2.05) is 0 Å². The van der Waals surface area contributed by atoms with E-state index in [4.69, 9.17) is 4.52 Å². The number of hydrogen-bond donors (Lipinski definition) is 0. The van der Waals surface area contributed by atoms with E-state index < -0.39 is 9.85 Å². The topological polar surface area (TPSA) is 125 Å². The van der Waals surface area contributed by atoms with Gasteiger partial charge in [0.05, 0.1) is 9.85 Å². The fraction of sp³-hybridized carbons (Fsp3) is 0. The number of non-ortho nitro benzene ring substituents is 1. The Morgan fingerprint density at radius 3 is 2.26 bits per heavy atom. The highest BCUT2D eigenvalue weighted by molar-refractivity contribution is 5.68. The van der Waals surface area contributed by atoms with E-state index >= 15 is 0 Å². The molecule has 1 heterocycles. The summed E-state index contributed by atoms with van der Waals surface area (Å²) in [5.74, 6) is 0.193. The van der Waals surface area contributed by atoms with Crippen LogP contribution in [0, 0.1) is 20.2 Å². The van der Waals surface area contributed by atoms with E-state index in [1.165, 1.54) is 42.5 Å². The van der Waals surface area contributed by atoms with Crippen LogP contribution in [-0.4, -0.2) is 20.0 Å². The molecule has 0 unspecified atom stereocenters. The highest BCUT2D eigenvalue weighted by atomic mass is 16.6. The number of hydrogen-bond acceptors (Lipinski definition) is 7. The molecule has 0 spiro atoms. The third-order valence-electron chi connectivity index (χ3n) is 3.09. The SMILES string of the molecule is O=[N+]([O-])c1ccc(-c2noc(-c3ccccc3[N+](=O)[O-])n2)cc1. The molecule has 0 saturated carbocycles. The first kappa shape index (κ1) is 14.3. The molecule has 2 aromatic carbocycles. The third-order valence-corrected chi connectivity index (χ3v) is 3.09. The maximum Gasteiger partial charge on any atom is 0.282 e. The number of nitro groups is 2. The molecule has 23 heavy (non-hydrogen) atoms. The zero-order valence-electron chi connectivity index (χ0n) is 11.4. The van der Waals surface area contributed by atoms with Gasteiger partial charge in [-0.25, -0.2) is 0 Å². The van der Waals surface area contributed by atoms with Gasteiger partial charge in [0.2, 0.25) is 5.82 Å². The predicted octanol–water partition coefficient (Wildman–Crippen LogP) is 3.22. The summed E-state index contributed by atoms with van der Waals surface area (Å²) in [4.78, 5) is 24.7. The van der Waals surface area contributed by atoms with Crippen molar-refractivity contribution in [1.82, 2.24) is 10.1 Å². The first-order valence-electron chi connectivity index (χ1n) is 6.38. The lowest BCUT2D eigenvalue weighted by Crippen LogP contribution is -1.91. The molecule has 9 heteroatoms. The Kier molecular flexibility index (Phi) is 3.51. The van der Waals surface area contributed by atoms with Crippen molar-refractivity contribution < 1.29 is 14.4 Å². The van der Waals surface area contributed by atoms with Gasteiger partial charge in [-0.3, -0.25) is 20.2 Å². The Labute approximate surface area is 128 Å². The molecule has 9 nitrogen and oxygen atoms in total. The van der Waals surface area contributed by atoms with Crippen LogP contribution in [0.2, 0.25) is 0 Å². The molecule has 0 fully saturated rings. The van der Waals surface area contributed by atoms with E-state index in [2.05, 4.69) is 10.1 Å². The monoisotopic (exact) mass is 312 g/mol. The minimum atomic E-state index is -0.537. The van der Waals surface area contributed by atoms with Crippen molar-refractivity contribution in [1.29, 1.82) is 0 Å². The molecule has 0 atom stereocenters. The predicted molar refractivity (Wildman–Crippen MR) is 78.5 cm³/mol. The van der Waals surface area contributed by atoms with Crippen LogP contribution in [0.3, 0.4) is 0 Å². The van der Waals surface area contributed by atoms with Gasteiger partial charge < -0.3 is 4.52 Å². The molecule has 3 rings (SSSR count). The van der Waals surface area contributed by atoms with Gasteiger partial charge in [-0.2, -0.15) is 4.98 Å². The van der Waals surface area contributed by atoms with Gasteiger partial charge in [-0.15, -0.1) is 0 Å². The molecule has 1 aromatic heterocycles. The molecule has 0 aliphatic heterocycles. The third kappa shape index (κ3) is 2.75. The molecule has 0 amide bonds. The zero-order chi connectivity index (χ0) is 16.4. The van der Waals surface area contributed by atoms with Gasteiger partial charge in [-0.05, 0) is 18.2 Å². The first-order chi connectivity index (χ1) is 11.1. The number of nitro benzene ring substituents is 2. The van der Waals surface area contributed by atoms with Gasteiger partial charge in [0.1, 0.15) is 5.56 Å². The summed E-state index contributed by atoms with van der Waals surface area (Å²) in [7, 11) is 0. The second-order valence-corrected chi connectivity index (χ2v) is 4.50. The van der Waals surface area contributed by atoms with Crippen molar-refractivity contribution in [3.05, 3.63) is 68.8 Å². The highest BCUT2D eigenvalue weighted by Gasteiger charge is 2.20. The van der Waals surface area contributed by atoms with Crippen LogP contribution in [0.5, 0.6) is 0 Å². The average Bonchev–Trinajstić information content (AvgIpc) is 3.04. The minimum absolute atomic E-state index is 0.00523. The highest BCUT2D eigenvalue weighted by Crippen LogP contribution is 2.30. The number of rotatable bonds is 4. The van der Waals surface area contributed by atoms with Crippen LogP contribution in [0.25, 0.3) is 22.8 Å². The number of nitrogens with zero attached hydrogens (tertiary/aromatic N) is 4. The van der Waals surface area contributed by atoms with Gasteiger partial charge in [-0.1, -0.05) is 17.3 Å². The first-order valence-corrected chi connectivity index (χ1v) is 6.38. The second kappa shape index (κ2) is 5.64. The van der Waals surface area contributed by atoms with E-state index in [9.17, 15) is 20.2 Å². The molecule has 0 radical (unpaired) electrons. The van der Waals surface area contributed by atoms with Crippen molar-refractivity contribution in [2.75, 3.05) is 0 Å². The molecule has 3 aromatic rings. The summed E-state index contributed by atoms with van der Waals surface area (Å²) in [6.07, 6.45) is 0. The Hall–Kier alpha value is -3.62. The van der Waals surface area contributed by atoms with Crippen molar-refractivity contribution in [2.24, 2.45) is 0 Å². The van der Waals surface area contributed by atoms with Gasteiger partial charge in [0, 0.05) is 23.8 Å². The Morgan fingerprint density at radius 1 is 0.913 bits per heavy atom. The molecule has 0 bridgehead atoms. The number of aromatic nitrogens is 2. The van der Waals surface area contributed by atoms with Gasteiger partial charge >= 0.3 is 0 Å². The molecular formula is C14H8N4O5.